The number of sulfonamides is 1. The number of hydrogen-bond donors (Lipinski definition) is 1. The second kappa shape index (κ2) is 7.51. The first-order valence-electron chi connectivity index (χ1n) is 7.77. The highest BCUT2D eigenvalue weighted by atomic mass is 32.2. The van der Waals surface area contributed by atoms with E-state index in [0.29, 0.717) is 19.0 Å². The van der Waals surface area contributed by atoms with Crippen LogP contribution in [0, 0.1) is 5.92 Å². The summed E-state index contributed by atoms with van der Waals surface area (Å²) in [5.74, 6) is 2.70. The zero-order chi connectivity index (χ0) is 16.1. The van der Waals surface area contributed by atoms with Crippen molar-refractivity contribution in [1.82, 2.24) is 14.5 Å². The maximum absolute atomic E-state index is 12.4. The van der Waals surface area contributed by atoms with Crippen LogP contribution >= 0.6 is 11.8 Å². The van der Waals surface area contributed by atoms with Gasteiger partial charge in [0.15, 0.2) is 0 Å². The van der Waals surface area contributed by atoms with E-state index in [9.17, 15) is 8.42 Å². The Bertz CT molecular complexity index is 723. The van der Waals surface area contributed by atoms with Crippen molar-refractivity contribution >= 4 is 21.8 Å². The number of nitrogens with zero attached hydrogens (tertiary/aromatic N) is 2. The molecule has 0 unspecified atom stereocenters. The van der Waals surface area contributed by atoms with E-state index in [1.807, 2.05) is 42.1 Å². The Morgan fingerprint density at radius 2 is 1.96 bits per heavy atom. The minimum Gasteiger partial charge on any atom is -0.267 e. The fourth-order valence-electron chi connectivity index (χ4n) is 2.60. The Labute approximate surface area is 141 Å². The molecule has 0 amide bonds. The van der Waals surface area contributed by atoms with Crippen LogP contribution in [0.3, 0.4) is 0 Å². The quantitative estimate of drug-likeness (QED) is 0.868. The molecular weight excluding hydrogens is 330 g/mol. The van der Waals surface area contributed by atoms with E-state index in [1.54, 1.807) is 10.9 Å². The van der Waals surface area contributed by atoms with Gasteiger partial charge in [0.1, 0.15) is 4.90 Å². The number of aromatic nitrogens is 2. The molecule has 1 aromatic heterocycles. The van der Waals surface area contributed by atoms with Crippen LogP contribution in [0.25, 0.3) is 0 Å². The molecule has 0 radical (unpaired) electrons. The van der Waals surface area contributed by atoms with E-state index in [4.69, 9.17) is 0 Å². The van der Waals surface area contributed by atoms with Crippen molar-refractivity contribution in [1.29, 1.82) is 0 Å². The maximum atomic E-state index is 12.4. The molecule has 23 heavy (non-hydrogen) atoms. The summed E-state index contributed by atoms with van der Waals surface area (Å²) in [5.41, 5.74) is 1.09. The van der Waals surface area contributed by atoms with E-state index in [1.165, 1.54) is 6.20 Å². The molecule has 7 heteroatoms. The molecule has 1 aromatic carbocycles. The van der Waals surface area contributed by atoms with Gasteiger partial charge in [0.05, 0.1) is 12.7 Å². The second-order valence-corrected chi connectivity index (χ2v) is 8.76. The first kappa shape index (κ1) is 16.5. The number of rotatable bonds is 6. The van der Waals surface area contributed by atoms with E-state index in [2.05, 4.69) is 9.82 Å². The van der Waals surface area contributed by atoms with Crippen LogP contribution < -0.4 is 4.72 Å². The highest BCUT2D eigenvalue weighted by Crippen LogP contribution is 2.22. The molecule has 0 bridgehead atoms. The SMILES string of the molecule is O=S(=O)(NCC1CCSCC1)c1cnn(Cc2ccccc2)c1. The smallest absolute Gasteiger partial charge is 0.243 e. The lowest BCUT2D eigenvalue weighted by molar-refractivity contribution is 0.476. The highest BCUT2D eigenvalue weighted by molar-refractivity contribution is 7.99. The molecule has 2 heterocycles. The Morgan fingerprint density at radius 1 is 1.22 bits per heavy atom. The maximum Gasteiger partial charge on any atom is 0.243 e. The average molecular weight is 351 g/mol. The summed E-state index contributed by atoms with van der Waals surface area (Å²) in [6.07, 6.45) is 5.18. The topological polar surface area (TPSA) is 64.0 Å². The van der Waals surface area contributed by atoms with Crippen molar-refractivity contribution in [3.05, 3.63) is 48.3 Å². The van der Waals surface area contributed by atoms with Crippen LogP contribution in [0.1, 0.15) is 18.4 Å². The Morgan fingerprint density at radius 3 is 2.70 bits per heavy atom. The van der Waals surface area contributed by atoms with Gasteiger partial charge >= 0.3 is 0 Å². The van der Waals surface area contributed by atoms with Crippen molar-refractivity contribution in [2.75, 3.05) is 18.1 Å². The minimum absolute atomic E-state index is 0.235. The summed E-state index contributed by atoms with van der Waals surface area (Å²) >= 11 is 1.94. The summed E-state index contributed by atoms with van der Waals surface area (Å²) in [7, 11) is -3.47. The van der Waals surface area contributed by atoms with E-state index in [0.717, 1.165) is 29.9 Å². The highest BCUT2D eigenvalue weighted by Gasteiger charge is 2.20. The molecule has 124 valence electrons. The van der Waals surface area contributed by atoms with Crippen molar-refractivity contribution < 1.29 is 8.42 Å². The van der Waals surface area contributed by atoms with Crippen molar-refractivity contribution in [2.45, 2.75) is 24.3 Å². The van der Waals surface area contributed by atoms with Gasteiger partial charge in [-0.25, -0.2) is 13.1 Å². The molecule has 0 saturated carbocycles. The van der Waals surface area contributed by atoms with Gasteiger partial charge in [0.25, 0.3) is 0 Å². The number of benzene rings is 1. The van der Waals surface area contributed by atoms with E-state index >= 15 is 0 Å². The molecule has 1 saturated heterocycles. The van der Waals surface area contributed by atoms with Gasteiger partial charge in [-0.1, -0.05) is 30.3 Å². The third-order valence-corrected chi connectivity index (χ3v) is 6.44. The molecule has 3 rings (SSSR count). The van der Waals surface area contributed by atoms with Crippen LogP contribution in [-0.2, 0) is 16.6 Å². The van der Waals surface area contributed by atoms with Crippen molar-refractivity contribution in [2.24, 2.45) is 5.92 Å². The van der Waals surface area contributed by atoms with E-state index in [-0.39, 0.29) is 4.90 Å². The first-order chi connectivity index (χ1) is 11.1. The van der Waals surface area contributed by atoms with Gasteiger partial charge in [0.2, 0.25) is 10.0 Å². The van der Waals surface area contributed by atoms with Crippen LogP contribution in [0.2, 0.25) is 0 Å². The van der Waals surface area contributed by atoms with Gasteiger partial charge < -0.3 is 0 Å². The predicted octanol–water partition coefficient (Wildman–Crippen LogP) is 2.35. The molecule has 1 aliphatic heterocycles. The van der Waals surface area contributed by atoms with Gasteiger partial charge in [-0.05, 0) is 35.8 Å². The molecule has 1 N–H and O–H groups in total. The molecule has 0 aliphatic carbocycles. The van der Waals surface area contributed by atoms with Crippen LogP contribution in [0.15, 0.2) is 47.6 Å². The van der Waals surface area contributed by atoms with Crippen LogP contribution in [-0.4, -0.2) is 36.2 Å². The lowest BCUT2D eigenvalue weighted by atomic mass is 10.0. The monoisotopic (exact) mass is 351 g/mol. The van der Waals surface area contributed by atoms with Crippen molar-refractivity contribution in [3.8, 4) is 0 Å². The Hall–Kier alpha value is -1.31. The molecule has 5 nitrogen and oxygen atoms in total. The van der Waals surface area contributed by atoms with Gasteiger partial charge in [-0.15, -0.1) is 0 Å². The predicted molar refractivity (Wildman–Crippen MR) is 93.0 cm³/mol. The molecule has 0 atom stereocenters. The minimum atomic E-state index is -3.47. The number of nitrogens with one attached hydrogen (secondary N) is 1. The summed E-state index contributed by atoms with van der Waals surface area (Å²) in [5, 5.41) is 4.17. The third kappa shape index (κ3) is 4.59. The first-order valence-corrected chi connectivity index (χ1v) is 10.4. The van der Waals surface area contributed by atoms with Gasteiger partial charge in [-0.3, -0.25) is 4.68 Å². The summed E-state index contributed by atoms with van der Waals surface area (Å²) in [6.45, 7) is 1.09. The van der Waals surface area contributed by atoms with Crippen LogP contribution in [0.4, 0.5) is 0 Å². The zero-order valence-corrected chi connectivity index (χ0v) is 14.5. The molecule has 2 aromatic rings. The number of thioether (sulfide) groups is 1. The third-order valence-electron chi connectivity index (χ3n) is 4.01. The summed E-state index contributed by atoms with van der Waals surface area (Å²) < 4.78 is 29.1. The normalized spacial score (nSPS) is 16.5. The second-order valence-electron chi connectivity index (χ2n) is 5.77. The fraction of sp³-hybridized carbons (Fsp3) is 0.438. The Balaban J connectivity index is 1.61. The molecular formula is C16H21N3O2S2. The summed E-state index contributed by atoms with van der Waals surface area (Å²) in [4.78, 5) is 0.235. The largest absolute Gasteiger partial charge is 0.267 e. The average Bonchev–Trinajstić information content (AvgIpc) is 3.04. The standard InChI is InChI=1S/C16H21N3O2S2/c20-23(21,18-10-14-6-8-22-9-7-14)16-11-17-19(13-16)12-15-4-2-1-3-5-15/h1-5,11,13-14,18H,6-10,12H2. The van der Waals surface area contributed by atoms with Gasteiger partial charge in [0, 0.05) is 12.7 Å². The summed E-state index contributed by atoms with van der Waals surface area (Å²) in [6, 6.07) is 9.86. The molecule has 1 fully saturated rings. The number of hydrogen-bond acceptors (Lipinski definition) is 4. The zero-order valence-electron chi connectivity index (χ0n) is 12.9. The van der Waals surface area contributed by atoms with Crippen molar-refractivity contribution in [3.63, 3.8) is 0 Å². The van der Waals surface area contributed by atoms with Gasteiger partial charge in [-0.2, -0.15) is 16.9 Å². The fourth-order valence-corrected chi connectivity index (χ4v) is 4.87. The van der Waals surface area contributed by atoms with Crippen LogP contribution in [0.5, 0.6) is 0 Å². The molecule has 0 spiro atoms. The van der Waals surface area contributed by atoms with E-state index < -0.39 is 10.0 Å². The lowest BCUT2D eigenvalue weighted by Gasteiger charge is -2.21. The molecule has 1 aliphatic rings. The lowest BCUT2D eigenvalue weighted by Crippen LogP contribution is -2.30. The Kier molecular flexibility index (Phi) is 5.40.